The number of aromatic nitrogens is 4. The molecule has 1 N–H and O–H groups in total. The molecule has 1 aromatic heterocycles. The lowest BCUT2D eigenvalue weighted by Crippen LogP contribution is -2.29. The molecule has 31 heavy (non-hydrogen) atoms. The van der Waals surface area contributed by atoms with E-state index in [0.717, 1.165) is 27.9 Å². The second-order valence-electron chi connectivity index (χ2n) is 7.14. The summed E-state index contributed by atoms with van der Waals surface area (Å²) in [5, 5.41) is 13.9. The van der Waals surface area contributed by atoms with Crippen LogP contribution in [0.25, 0.3) is 22.5 Å². The Morgan fingerprint density at radius 1 is 0.968 bits per heavy atom. The zero-order chi connectivity index (χ0) is 21.4. The van der Waals surface area contributed by atoms with Gasteiger partial charge in [0.15, 0.2) is 5.82 Å². The highest BCUT2D eigenvalue weighted by Crippen LogP contribution is 2.41. The topological polar surface area (TPSA) is 101 Å². The third kappa shape index (κ3) is 3.32. The van der Waals surface area contributed by atoms with E-state index in [-0.39, 0.29) is 4.90 Å². The minimum Gasteiger partial charge on any atom is -0.497 e. The number of anilines is 1. The summed E-state index contributed by atoms with van der Waals surface area (Å²) in [6.45, 7) is 0.405. The van der Waals surface area contributed by atoms with Crippen molar-refractivity contribution in [1.82, 2.24) is 20.6 Å². The Morgan fingerprint density at radius 2 is 1.71 bits per heavy atom. The van der Waals surface area contributed by atoms with Crippen LogP contribution in [0.15, 0.2) is 71.6 Å². The van der Waals surface area contributed by atoms with E-state index in [2.05, 4.69) is 20.6 Å². The standard InChI is InChI=1S/C22H19N5O3S/c1-30-18-9-11-19(12-10-18)31(28,29)27-14-13-16-3-2-4-20(21(16)27)15-5-7-17(8-6-15)22-23-25-26-24-22/h2-12H,13-14H2,1H3,(H,23,24,25,26). The summed E-state index contributed by atoms with van der Waals surface area (Å²) in [5.74, 6) is 1.19. The molecule has 0 unspecified atom stereocenters. The molecule has 2 heterocycles. The summed E-state index contributed by atoms with van der Waals surface area (Å²) in [5.41, 5.74) is 4.38. The molecule has 0 aliphatic carbocycles. The highest BCUT2D eigenvalue weighted by Gasteiger charge is 2.33. The molecule has 5 rings (SSSR count). The molecule has 8 nitrogen and oxygen atoms in total. The molecular weight excluding hydrogens is 414 g/mol. The molecule has 0 bridgehead atoms. The highest BCUT2D eigenvalue weighted by atomic mass is 32.2. The number of rotatable bonds is 5. The van der Waals surface area contributed by atoms with Crippen molar-refractivity contribution in [3.05, 3.63) is 72.3 Å². The van der Waals surface area contributed by atoms with Gasteiger partial charge in [-0.15, -0.1) is 5.10 Å². The van der Waals surface area contributed by atoms with E-state index in [0.29, 0.717) is 24.5 Å². The number of para-hydroxylation sites is 1. The van der Waals surface area contributed by atoms with Gasteiger partial charge in [0.2, 0.25) is 0 Å². The van der Waals surface area contributed by atoms with E-state index >= 15 is 0 Å². The van der Waals surface area contributed by atoms with Crippen molar-refractivity contribution in [1.29, 1.82) is 0 Å². The van der Waals surface area contributed by atoms with Gasteiger partial charge in [0.1, 0.15) is 5.75 Å². The Bertz CT molecular complexity index is 1320. The van der Waals surface area contributed by atoms with Crippen molar-refractivity contribution in [2.24, 2.45) is 0 Å². The molecule has 0 radical (unpaired) electrons. The fourth-order valence-corrected chi connectivity index (χ4v) is 5.38. The van der Waals surface area contributed by atoms with Crippen LogP contribution in [-0.2, 0) is 16.4 Å². The molecule has 4 aromatic rings. The van der Waals surface area contributed by atoms with Gasteiger partial charge < -0.3 is 4.74 Å². The van der Waals surface area contributed by atoms with Crippen molar-refractivity contribution >= 4 is 15.7 Å². The average molecular weight is 433 g/mol. The number of hydrogen-bond acceptors (Lipinski definition) is 6. The lowest BCUT2D eigenvalue weighted by atomic mass is 9.99. The third-order valence-corrected chi connectivity index (χ3v) is 7.23. The molecule has 0 saturated carbocycles. The number of H-pyrrole nitrogens is 1. The molecule has 0 atom stereocenters. The van der Waals surface area contributed by atoms with E-state index in [1.807, 2.05) is 42.5 Å². The van der Waals surface area contributed by atoms with Gasteiger partial charge in [0.05, 0.1) is 17.7 Å². The number of methoxy groups -OCH3 is 1. The predicted molar refractivity (Wildman–Crippen MR) is 116 cm³/mol. The predicted octanol–water partition coefficient (Wildman–Crippen LogP) is 3.29. The summed E-state index contributed by atoms with van der Waals surface area (Å²) in [4.78, 5) is 0.240. The van der Waals surface area contributed by atoms with E-state index in [1.54, 1.807) is 31.4 Å². The Morgan fingerprint density at radius 3 is 2.39 bits per heavy atom. The van der Waals surface area contributed by atoms with Gasteiger partial charge in [-0.1, -0.05) is 42.5 Å². The molecule has 0 amide bonds. The highest BCUT2D eigenvalue weighted by molar-refractivity contribution is 7.92. The van der Waals surface area contributed by atoms with Crippen molar-refractivity contribution in [2.75, 3.05) is 18.0 Å². The minimum absolute atomic E-state index is 0.240. The van der Waals surface area contributed by atoms with Crippen LogP contribution in [0.4, 0.5) is 5.69 Å². The lowest BCUT2D eigenvalue weighted by molar-refractivity contribution is 0.414. The van der Waals surface area contributed by atoms with Crippen LogP contribution in [0.3, 0.4) is 0 Å². The Kier molecular flexibility index (Phi) is 4.67. The molecule has 1 aliphatic heterocycles. The van der Waals surface area contributed by atoms with Crippen LogP contribution >= 0.6 is 0 Å². The number of aromatic amines is 1. The lowest BCUT2D eigenvalue weighted by Gasteiger charge is -2.22. The van der Waals surface area contributed by atoms with Crippen molar-refractivity contribution in [2.45, 2.75) is 11.3 Å². The maximum absolute atomic E-state index is 13.4. The molecule has 3 aromatic carbocycles. The van der Waals surface area contributed by atoms with Gasteiger partial charge in [-0.2, -0.15) is 0 Å². The zero-order valence-electron chi connectivity index (χ0n) is 16.7. The quantitative estimate of drug-likeness (QED) is 0.518. The van der Waals surface area contributed by atoms with Crippen molar-refractivity contribution in [3.8, 4) is 28.3 Å². The number of hydrogen-bond donors (Lipinski definition) is 1. The summed E-state index contributed by atoms with van der Waals surface area (Å²) < 4.78 is 33.6. The normalized spacial score (nSPS) is 13.3. The molecule has 0 saturated heterocycles. The maximum atomic E-state index is 13.4. The first-order valence-corrected chi connectivity index (χ1v) is 11.1. The van der Waals surface area contributed by atoms with E-state index < -0.39 is 10.0 Å². The largest absolute Gasteiger partial charge is 0.497 e. The second kappa shape index (κ2) is 7.51. The third-order valence-electron chi connectivity index (χ3n) is 5.42. The van der Waals surface area contributed by atoms with Gasteiger partial charge in [-0.05, 0) is 52.2 Å². The monoisotopic (exact) mass is 433 g/mol. The van der Waals surface area contributed by atoms with Crippen LogP contribution < -0.4 is 9.04 Å². The van der Waals surface area contributed by atoms with Crippen LogP contribution in [0.5, 0.6) is 5.75 Å². The number of sulfonamides is 1. The minimum atomic E-state index is -3.70. The number of nitrogens with one attached hydrogen (secondary N) is 1. The van der Waals surface area contributed by atoms with Crippen LogP contribution in [0.1, 0.15) is 5.56 Å². The fraction of sp³-hybridized carbons (Fsp3) is 0.136. The molecule has 1 aliphatic rings. The van der Waals surface area contributed by atoms with Crippen molar-refractivity contribution < 1.29 is 13.2 Å². The van der Waals surface area contributed by atoms with Gasteiger partial charge in [-0.25, -0.2) is 13.5 Å². The Labute approximate surface area is 179 Å². The number of fused-ring (bicyclic) bond motifs is 1. The fourth-order valence-electron chi connectivity index (χ4n) is 3.86. The van der Waals surface area contributed by atoms with E-state index in [1.165, 1.54) is 4.31 Å². The zero-order valence-corrected chi connectivity index (χ0v) is 17.5. The summed E-state index contributed by atoms with van der Waals surface area (Å²) >= 11 is 0. The maximum Gasteiger partial charge on any atom is 0.264 e. The van der Waals surface area contributed by atoms with Gasteiger partial charge >= 0.3 is 0 Å². The Hall–Kier alpha value is -3.72. The molecular formula is C22H19N5O3S. The summed E-state index contributed by atoms with van der Waals surface area (Å²) in [6, 6.07) is 20.1. The number of nitrogens with zero attached hydrogens (tertiary/aromatic N) is 4. The molecule has 9 heteroatoms. The van der Waals surface area contributed by atoms with Gasteiger partial charge in [0.25, 0.3) is 10.0 Å². The van der Waals surface area contributed by atoms with Gasteiger partial charge in [0, 0.05) is 17.7 Å². The molecule has 0 fully saturated rings. The van der Waals surface area contributed by atoms with E-state index in [4.69, 9.17) is 4.74 Å². The molecule has 0 spiro atoms. The average Bonchev–Trinajstić information content (AvgIpc) is 3.50. The van der Waals surface area contributed by atoms with Crippen molar-refractivity contribution in [3.63, 3.8) is 0 Å². The number of ether oxygens (including phenoxy) is 1. The van der Waals surface area contributed by atoms with E-state index in [9.17, 15) is 8.42 Å². The van der Waals surface area contributed by atoms with Crippen LogP contribution in [-0.4, -0.2) is 42.7 Å². The second-order valence-corrected chi connectivity index (χ2v) is 9.01. The van der Waals surface area contributed by atoms with Crippen LogP contribution in [0.2, 0.25) is 0 Å². The first-order chi connectivity index (χ1) is 15.1. The van der Waals surface area contributed by atoms with Crippen LogP contribution in [0, 0.1) is 0 Å². The smallest absolute Gasteiger partial charge is 0.264 e. The molecule has 156 valence electrons. The van der Waals surface area contributed by atoms with Gasteiger partial charge in [-0.3, -0.25) is 4.31 Å². The summed E-state index contributed by atoms with van der Waals surface area (Å²) in [7, 11) is -2.15. The number of tetrazole rings is 1. The Balaban J connectivity index is 1.55. The summed E-state index contributed by atoms with van der Waals surface area (Å²) in [6.07, 6.45) is 0.667. The first-order valence-electron chi connectivity index (χ1n) is 9.71. The first kappa shape index (κ1) is 19.3. The number of benzene rings is 3. The SMILES string of the molecule is COc1ccc(S(=O)(=O)N2CCc3cccc(-c4ccc(-c5nnn[nH]5)cc4)c32)cc1.